The predicted molar refractivity (Wildman–Crippen MR) is 92.6 cm³/mol. The molecule has 3 heteroatoms. The van der Waals surface area contributed by atoms with E-state index in [4.69, 9.17) is 5.73 Å². The zero-order valence-electron chi connectivity index (χ0n) is 14.6. The number of likely N-dealkylation sites (N-methyl/N-ethyl adjacent to an activating group) is 2. The van der Waals surface area contributed by atoms with Gasteiger partial charge in [-0.1, -0.05) is 43.7 Å². The standard InChI is InChI=1S/C18H33N3/c1-7-17(19)18(16-11-9-10-14(3)12-16)21(8-2)15(4)13-20(5)6/h9-12,15,17-18H,7-8,13,19H2,1-6H3. The second-order valence-corrected chi connectivity index (χ2v) is 6.37. The Morgan fingerprint density at radius 1 is 1.19 bits per heavy atom. The van der Waals surface area contributed by atoms with Gasteiger partial charge < -0.3 is 10.6 Å². The molecule has 0 radical (unpaired) electrons. The minimum Gasteiger partial charge on any atom is -0.326 e. The van der Waals surface area contributed by atoms with E-state index in [1.165, 1.54) is 11.1 Å². The van der Waals surface area contributed by atoms with Crippen LogP contribution in [0.15, 0.2) is 24.3 Å². The second-order valence-electron chi connectivity index (χ2n) is 6.37. The van der Waals surface area contributed by atoms with Gasteiger partial charge in [-0.3, -0.25) is 4.90 Å². The van der Waals surface area contributed by atoms with Crippen LogP contribution in [0.1, 0.15) is 44.4 Å². The van der Waals surface area contributed by atoms with Crippen LogP contribution in [-0.4, -0.2) is 49.1 Å². The van der Waals surface area contributed by atoms with Crippen molar-refractivity contribution in [2.45, 2.75) is 52.2 Å². The normalized spacial score (nSPS) is 16.2. The average molecular weight is 291 g/mol. The van der Waals surface area contributed by atoms with Gasteiger partial charge >= 0.3 is 0 Å². The number of benzene rings is 1. The van der Waals surface area contributed by atoms with E-state index in [0.29, 0.717) is 6.04 Å². The summed E-state index contributed by atoms with van der Waals surface area (Å²) in [5, 5.41) is 0. The summed E-state index contributed by atoms with van der Waals surface area (Å²) in [6.45, 7) is 10.9. The number of hydrogen-bond acceptors (Lipinski definition) is 3. The predicted octanol–water partition coefficient (Wildman–Crippen LogP) is 3.05. The Labute approximate surface area is 131 Å². The fraction of sp³-hybridized carbons (Fsp3) is 0.667. The molecular formula is C18H33N3. The van der Waals surface area contributed by atoms with Crippen molar-refractivity contribution >= 4 is 0 Å². The van der Waals surface area contributed by atoms with E-state index < -0.39 is 0 Å². The summed E-state index contributed by atoms with van der Waals surface area (Å²) in [5.41, 5.74) is 9.14. The molecule has 120 valence electrons. The van der Waals surface area contributed by atoms with Crippen LogP contribution in [0.25, 0.3) is 0 Å². The number of hydrogen-bond donors (Lipinski definition) is 1. The van der Waals surface area contributed by atoms with Gasteiger partial charge in [0.2, 0.25) is 0 Å². The van der Waals surface area contributed by atoms with Crippen LogP contribution in [-0.2, 0) is 0 Å². The van der Waals surface area contributed by atoms with Crippen LogP contribution in [0, 0.1) is 6.92 Å². The van der Waals surface area contributed by atoms with E-state index in [-0.39, 0.29) is 12.1 Å². The second kappa shape index (κ2) is 8.52. The first-order chi connectivity index (χ1) is 9.90. The fourth-order valence-corrected chi connectivity index (χ4v) is 3.18. The summed E-state index contributed by atoms with van der Waals surface area (Å²) in [5.74, 6) is 0. The van der Waals surface area contributed by atoms with Gasteiger partial charge in [0.1, 0.15) is 0 Å². The van der Waals surface area contributed by atoms with E-state index in [2.05, 4.69) is 75.9 Å². The van der Waals surface area contributed by atoms with E-state index in [0.717, 1.165) is 19.5 Å². The molecule has 0 saturated heterocycles. The van der Waals surface area contributed by atoms with Crippen molar-refractivity contribution in [3.8, 4) is 0 Å². The molecule has 1 aromatic rings. The zero-order chi connectivity index (χ0) is 16.0. The fourth-order valence-electron chi connectivity index (χ4n) is 3.18. The van der Waals surface area contributed by atoms with Crippen LogP contribution in [0.5, 0.6) is 0 Å². The molecule has 0 spiro atoms. The van der Waals surface area contributed by atoms with Crippen molar-refractivity contribution in [3.05, 3.63) is 35.4 Å². The molecule has 0 bridgehead atoms. The van der Waals surface area contributed by atoms with Gasteiger partial charge in [-0.2, -0.15) is 0 Å². The Bertz CT molecular complexity index is 417. The van der Waals surface area contributed by atoms with Crippen molar-refractivity contribution in [1.29, 1.82) is 0 Å². The smallest absolute Gasteiger partial charge is 0.0502 e. The number of aryl methyl sites for hydroxylation is 1. The molecule has 0 saturated carbocycles. The quantitative estimate of drug-likeness (QED) is 0.799. The third kappa shape index (κ3) is 5.10. The van der Waals surface area contributed by atoms with Gasteiger partial charge in [0.05, 0.1) is 6.04 Å². The number of nitrogens with two attached hydrogens (primary N) is 1. The molecule has 0 amide bonds. The van der Waals surface area contributed by atoms with Gasteiger partial charge in [0.25, 0.3) is 0 Å². The third-order valence-electron chi connectivity index (χ3n) is 4.18. The summed E-state index contributed by atoms with van der Waals surface area (Å²) >= 11 is 0. The van der Waals surface area contributed by atoms with Crippen molar-refractivity contribution < 1.29 is 0 Å². The van der Waals surface area contributed by atoms with E-state index >= 15 is 0 Å². The molecule has 1 rings (SSSR count). The highest BCUT2D eigenvalue weighted by Crippen LogP contribution is 2.27. The molecule has 3 atom stereocenters. The highest BCUT2D eigenvalue weighted by atomic mass is 15.2. The van der Waals surface area contributed by atoms with Crippen LogP contribution >= 0.6 is 0 Å². The largest absolute Gasteiger partial charge is 0.326 e. The maximum absolute atomic E-state index is 6.49. The third-order valence-corrected chi connectivity index (χ3v) is 4.18. The minimum atomic E-state index is 0.163. The number of rotatable bonds is 8. The van der Waals surface area contributed by atoms with Crippen LogP contribution in [0.3, 0.4) is 0 Å². The summed E-state index contributed by atoms with van der Waals surface area (Å²) < 4.78 is 0. The Balaban J connectivity index is 3.10. The average Bonchev–Trinajstić information content (AvgIpc) is 2.42. The summed E-state index contributed by atoms with van der Waals surface area (Å²) in [6.07, 6.45) is 0.990. The molecule has 0 fully saturated rings. The molecule has 0 aromatic heterocycles. The van der Waals surface area contributed by atoms with Gasteiger partial charge in [-0.05, 0) is 46.5 Å². The van der Waals surface area contributed by atoms with Crippen molar-refractivity contribution in [2.24, 2.45) is 5.73 Å². The maximum Gasteiger partial charge on any atom is 0.0502 e. The first-order valence-corrected chi connectivity index (χ1v) is 8.13. The Kier molecular flexibility index (Phi) is 7.36. The van der Waals surface area contributed by atoms with Gasteiger partial charge in [-0.25, -0.2) is 0 Å². The van der Waals surface area contributed by atoms with Crippen LogP contribution < -0.4 is 5.73 Å². The monoisotopic (exact) mass is 291 g/mol. The van der Waals surface area contributed by atoms with Gasteiger partial charge in [0.15, 0.2) is 0 Å². The Hall–Kier alpha value is -0.900. The molecule has 3 nitrogen and oxygen atoms in total. The van der Waals surface area contributed by atoms with Gasteiger partial charge in [0, 0.05) is 18.6 Å². The molecule has 3 unspecified atom stereocenters. The van der Waals surface area contributed by atoms with Crippen LogP contribution in [0.4, 0.5) is 0 Å². The maximum atomic E-state index is 6.49. The minimum absolute atomic E-state index is 0.163. The first-order valence-electron chi connectivity index (χ1n) is 8.13. The molecule has 0 heterocycles. The first kappa shape index (κ1) is 18.1. The van der Waals surface area contributed by atoms with Crippen molar-refractivity contribution in [2.75, 3.05) is 27.2 Å². The van der Waals surface area contributed by atoms with E-state index in [9.17, 15) is 0 Å². The Morgan fingerprint density at radius 3 is 2.33 bits per heavy atom. The molecule has 1 aromatic carbocycles. The lowest BCUT2D eigenvalue weighted by Crippen LogP contribution is -2.48. The zero-order valence-corrected chi connectivity index (χ0v) is 14.6. The number of nitrogens with zero attached hydrogens (tertiary/aromatic N) is 2. The van der Waals surface area contributed by atoms with Crippen molar-refractivity contribution in [1.82, 2.24) is 9.80 Å². The molecule has 21 heavy (non-hydrogen) atoms. The Morgan fingerprint density at radius 2 is 1.86 bits per heavy atom. The SMILES string of the molecule is CCC(N)C(c1cccc(C)c1)N(CC)C(C)CN(C)C. The lowest BCUT2D eigenvalue weighted by molar-refractivity contribution is 0.109. The molecule has 0 aliphatic heterocycles. The lowest BCUT2D eigenvalue weighted by Gasteiger charge is -2.40. The van der Waals surface area contributed by atoms with Gasteiger partial charge in [-0.15, -0.1) is 0 Å². The highest BCUT2D eigenvalue weighted by molar-refractivity contribution is 5.26. The van der Waals surface area contributed by atoms with E-state index in [1.807, 2.05) is 0 Å². The summed E-state index contributed by atoms with van der Waals surface area (Å²) in [4.78, 5) is 4.79. The molecule has 0 aliphatic rings. The molecule has 2 N–H and O–H groups in total. The van der Waals surface area contributed by atoms with Crippen molar-refractivity contribution in [3.63, 3.8) is 0 Å². The summed E-state index contributed by atoms with van der Waals surface area (Å²) in [6, 6.07) is 9.73. The molecule has 0 aliphatic carbocycles. The molecular weight excluding hydrogens is 258 g/mol. The summed E-state index contributed by atoms with van der Waals surface area (Å²) in [7, 11) is 4.26. The van der Waals surface area contributed by atoms with E-state index in [1.54, 1.807) is 0 Å². The van der Waals surface area contributed by atoms with Crippen LogP contribution in [0.2, 0.25) is 0 Å². The lowest BCUT2D eigenvalue weighted by atomic mass is 9.94. The topological polar surface area (TPSA) is 32.5 Å². The highest BCUT2D eigenvalue weighted by Gasteiger charge is 2.28.